The van der Waals surface area contributed by atoms with Gasteiger partial charge in [-0.2, -0.15) is 0 Å². The van der Waals surface area contributed by atoms with Gasteiger partial charge in [0.15, 0.2) is 0 Å². The van der Waals surface area contributed by atoms with Gasteiger partial charge in [-0.05, 0) is 57.2 Å². The molecule has 1 unspecified atom stereocenters. The van der Waals surface area contributed by atoms with Crippen molar-refractivity contribution in [3.05, 3.63) is 0 Å². The molecule has 0 aromatic heterocycles. The minimum Gasteiger partial charge on any atom is -0.313 e. The van der Waals surface area contributed by atoms with Crippen LogP contribution >= 0.6 is 0 Å². The normalized spacial score (nSPS) is 22.7. The Hall–Kier alpha value is -0.0800. The van der Waals surface area contributed by atoms with Crippen LogP contribution in [0.2, 0.25) is 0 Å². The van der Waals surface area contributed by atoms with Crippen LogP contribution in [0.5, 0.6) is 0 Å². The Labute approximate surface area is 115 Å². The molecule has 2 nitrogen and oxygen atoms in total. The molecule has 1 saturated heterocycles. The molecule has 1 atom stereocenters. The molecule has 1 aliphatic heterocycles. The molecular formula is C16H34N2. The third-order valence-electron chi connectivity index (χ3n) is 4.23. The van der Waals surface area contributed by atoms with E-state index in [1.807, 2.05) is 0 Å². The highest BCUT2D eigenvalue weighted by Gasteiger charge is 2.24. The second-order valence-electron chi connectivity index (χ2n) is 6.76. The number of nitrogens with zero attached hydrogens (tertiary/aromatic N) is 1. The third-order valence-corrected chi connectivity index (χ3v) is 4.23. The maximum Gasteiger partial charge on any atom is 0.0194 e. The van der Waals surface area contributed by atoms with Crippen LogP contribution in [-0.2, 0) is 0 Å². The van der Waals surface area contributed by atoms with Gasteiger partial charge < -0.3 is 10.2 Å². The van der Waals surface area contributed by atoms with Crippen molar-refractivity contribution in [1.82, 2.24) is 10.2 Å². The van der Waals surface area contributed by atoms with Crippen LogP contribution in [0.4, 0.5) is 0 Å². The maximum absolute atomic E-state index is 3.72. The fourth-order valence-electron chi connectivity index (χ4n) is 2.93. The topological polar surface area (TPSA) is 15.3 Å². The van der Waals surface area contributed by atoms with Gasteiger partial charge in [-0.1, -0.05) is 34.1 Å². The first-order valence-electron chi connectivity index (χ1n) is 8.03. The predicted octanol–water partition coefficient (Wildman–Crippen LogP) is 3.67. The molecule has 108 valence electrons. The SMILES string of the molecule is CCCNC(CCC)CN1CCCC(C)(C)CC1. The van der Waals surface area contributed by atoms with Crippen LogP contribution in [0.15, 0.2) is 0 Å². The zero-order valence-electron chi connectivity index (χ0n) is 13.1. The van der Waals surface area contributed by atoms with E-state index in [0.717, 1.165) is 0 Å². The average Bonchev–Trinajstić information content (AvgIpc) is 2.48. The molecule has 1 fully saturated rings. The van der Waals surface area contributed by atoms with Gasteiger partial charge in [-0.15, -0.1) is 0 Å². The van der Waals surface area contributed by atoms with E-state index >= 15 is 0 Å². The maximum atomic E-state index is 3.72. The lowest BCUT2D eigenvalue weighted by Gasteiger charge is -2.27. The Morgan fingerprint density at radius 3 is 2.56 bits per heavy atom. The average molecular weight is 254 g/mol. The molecule has 0 aliphatic carbocycles. The Kier molecular flexibility index (Phi) is 7.25. The zero-order chi connectivity index (χ0) is 13.4. The van der Waals surface area contributed by atoms with E-state index in [1.54, 1.807) is 0 Å². The van der Waals surface area contributed by atoms with Crippen molar-refractivity contribution in [1.29, 1.82) is 0 Å². The molecule has 1 rings (SSSR count). The first kappa shape index (κ1) is 16.0. The quantitative estimate of drug-likeness (QED) is 0.746. The van der Waals surface area contributed by atoms with Gasteiger partial charge in [-0.3, -0.25) is 0 Å². The summed E-state index contributed by atoms with van der Waals surface area (Å²) in [6, 6.07) is 0.705. The highest BCUT2D eigenvalue weighted by Crippen LogP contribution is 2.29. The van der Waals surface area contributed by atoms with Crippen LogP contribution in [0.3, 0.4) is 0 Å². The molecule has 1 N–H and O–H groups in total. The minimum atomic E-state index is 0.561. The van der Waals surface area contributed by atoms with Gasteiger partial charge in [0, 0.05) is 12.6 Å². The smallest absolute Gasteiger partial charge is 0.0194 e. The summed E-state index contributed by atoms with van der Waals surface area (Å²) in [4.78, 5) is 2.69. The zero-order valence-corrected chi connectivity index (χ0v) is 13.1. The fraction of sp³-hybridized carbons (Fsp3) is 1.00. The van der Waals surface area contributed by atoms with Crippen LogP contribution in [0.1, 0.15) is 66.2 Å². The molecule has 0 radical (unpaired) electrons. The number of likely N-dealkylation sites (tertiary alicyclic amines) is 1. The molecule has 18 heavy (non-hydrogen) atoms. The second kappa shape index (κ2) is 8.16. The lowest BCUT2D eigenvalue weighted by Crippen LogP contribution is -2.42. The summed E-state index contributed by atoms with van der Waals surface area (Å²) in [5.41, 5.74) is 0.561. The van der Waals surface area contributed by atoms with E-state index < -0.39 is 0 Å². The monoisotopic (exact) mass is 254 g/mol. The van der Waals surface area contributed by atoms with Crippen LogP contribution in [-0.4, -0.2) is 37.1 Å². The fourth-order valence-corrected chi connectivity index (χ4v) is 2.93. The van der Waals surface area contributed by atoms with Crippen LogP contribution < -0.4 is 5.32 Å². The van der Waals surface area contributed by atoms with E-state index in [0.29, 0.717) is 11.5 Å². The minimum absolute atomic E-state index is 0.561. The lowest BCUT2D eigenvalue weighted by molar-refractivity contribution is 0.231. The molecule has 1 aliphatic rings. The third kappa shape index (κ3) is 6.19. The largest absolute Gasteiger partial charge is 0.313 e. The summed E-state index contributed by atoms with van der Waals surface area (Å²) in [6.45, 7) is 14.4. The first-order valence-corrected chi connectivity index (χ1v) is 8.03. The van der Waals surface area contributed by atoms with Crippen molar-refractivity contribution in [2.45, 2.75) is 72.3 Å². The molecule has 1 heterocycles. The Bertz CT molecular complexity index is 213. The summed E-state index contributed by atoms with van der Waals surface area (Å²) >= 11 is 0. The molecule has 0 spiro atoms. The summed E-state index contributed by atoms with van der Waals surface area (Å²) in [7, 11) is 0. The van der Waals surface area contributed by atoms with Gasteiger partial charge in [0.1, 0.15) is 0 Å². The molecule has 2 heteroatoms. The summed E-state index contributed by atoms with van der Waals surface area (Å²) < 4.78 is 0. The van der Waals surface area contributed by atoms with Gasteiger partial charge >= 0.3 is 0 Å². The Morgan fingerprint density at radius 2 is 1.89 bits per heavy atom. The molecule has 0 aromatic rings. The molecule has 0 aromatic carbocycles. The van der Waals surface area contributed by atoms with Gasteiger partial charge in [0.2, 0.25) is 0 Å². The number of hydrogen-bond donors (Lipinski definition) is 1. The van der Waals surface area contributed by atoms with E-state index in [-0.39, 0.29) is 0 Å². The van der Waals surface area contributed by atoms with Crippen molar-refractivity contribution >= 4 is 0 Å². The second-order valence-corrected chi connectivity index (χ2v) is 6.76. The number of rotatable bonds is 7. The number of nitrogens with one attached hydrogen (secondary N) is 1. The lowest BCUT2D eigenvalue weighted by atomic mass is 9.85. The predicted molar refractivity (Wildman–Crippen MR) is 81.1 cm³/mol. The molecule has 0 bridgehead atoms. The Balaban J connectivity index is 2.37. The first-order chi connectivity index (χ1) is 8.57. The van der Waals surface area contributed by atoms with Crippen LogP contribution in [0, 0.1) is 5.41 Å². The Morgan fingerprint density at radius 1 is 1.11 bits per heavy atom. The van der Waals surface area contributed by atoms with Gasteiger partial charge in [-0.25, -0.2) is 0 Å². The van der Waals surface area contributed by atoms with Crippen molar-refractivity contribution in [3.8, 4) is 0 Å². The highest BCUT2D eigenvalue weighted by atomic mass is 15.1. The van der Waals surface area contributed by atoms with E-state index in [1.165, 1.54) is 64.7 Å². The van der Waals surface area contributed by atoms with E-state index in [2.05, 4.69) is 37.9 Å². The highest BCUT2D eigenvalue weighted by molar-refractivity contribution is 4.79. The number of hydrogen-bond acceptors (Lipinski definition) is 2. The van der Waals surface area contributed by atoms with Crippen molar-refractivity contribution in [2.75, 3.05) is 26.2 Å². The summed E-state index contributed by atoms with van der Waals surface area (Å²) in [5, 5.41) is 3.72. The van der Waals surface area contributed by atoms with Gasteiger partial charge in [0.25, 0.3) is 0 Å². The standard InChI is InChI=1S/C16H34N2/c1-5-8-15(17-11-6-2)14-18-12-7-9-16(3,4)10-13-18/h15,17H,5-14H2,1-4H3. The van der Waals surface area contributed by atoms with Crippen molar-refractivity contribution < 1.29 is 0 Å². The van der Waals surface area contributed by atoms with E-state index in [4.69, 9.17) is 0 Å². The summed E-state index contributed by atoms with van der Waals surface area (Å²) in [5.74, 6) is 0. The molecule has 0 amide bonds. The molecular weight excluding hydrogens is 220 g/mol. The van der Waals surface area contributed by atoms with Crippen molar-refractivity contribution in [3.63, 3.8) is 0 Å². The van der Waals surface area contributed by atoms with Crippen LogP contribution in [0.25, 0.3) is 0 Å². The summed E-state index contributed by atoms with van der Waals surface area (Å²) in [6.07, 6.45) is 7.98. The molecule has 0 saturated carbocycles. The van der Waals surface area contributed by atoms with E-state index in [9.17, 15) is 0 Å². The van der Waals surface area contributed by atoms with Gasteiger partial charge in [0.05, 0.1) is 0 Å². The van der Waals surface area contributed by atoms with Crippen molar-refractivity contribution in [2.24, 2.45) is 5.41 Å².